The van der Waals surface area contributed by atoms with Gasteiger partial charge in [0.2, 0.25) is 0 Å². The summed E-state index contributed by atoms with van der Waals surface area (Å²) in [4.78, 5) is 7.07. The summed E-state index contributed by atoms with van der Waals surface area (Å²) in [6.45, 7) is 1.11. The predicted molar refractivity (Wildman–Crippen MR) is 92.5 cm³/mol. The van der Waals surface area contributed by atoms with Crippen molar-refractivity contribution in [2.24, 2.45) is 5.92 Å². The van der Waals surface area contributed by atoms with E-state index in [1.165, 1.54) is 36.8 Å². The minimum atomic E-state index is 0.754. The molecule has 3 unspecified atom stereocenters. The lowest BCUT2D eigenvalue weighted by Gasteiger charge is -2.24. The van der Waals surface area contributed by atoms with Gasteiger partial charge in [0.15, 0.2) is 0 Å². The van der Waals surface area contributed by atoms with Gasteiger partial charge in [-0.15, -0.1) is 0 Å². The number of rotatable bonds is 4. The number of hydrogen-bond acceptors (Lipinski definition) is 2. The molecule has 2 aliphatic heterocycles. The van der Waals surface area contributed by atoms with E-state index in [0.29, 0.717) is 0 Å². The third kappa shape index (κ3) is 2.84. The van der Waals surface area contributed by atoms with Gasteiger partial charge in [-0.2, -0.15) is 0 Å². The van der Waals surface area contributed by atoms with Gasteiger partial charge >= 0.3 is 0 Å². The third-order valence-electron chi connectivity index (χ3n) is 5.28. The van der Waals surface area contributed by atoms with Crippen molar-refractivity contribution in [2.75, 3.05) is 0 Å². The molecular weight excluding hydrogens is 336 g/mol. The normalized spacial score (nSPS) is 27.4. The summed E-state index contributed by atoms with van der Waals surface area (Å²) in [5.41, 5.74) is 2.82. The molecule has 2 fully saturated rings. The average Bonchev–Trinajstić information content (AvgIpc) is 3.05. The lowest BCUT2D eigenvalue weighted by atomic mass is 9.85. The number of pyridine rings is 1. The van der Waals surface area contributed by atoms with Crippen LogP contribution < -0.4 is 0 Å². The molecule has 2 saturated heterocycles. The maximum Gasteiger partial charge on any atom is 0.0410 e. The van der Waals surface area contributed by atoms with Crippen LogP contribution in [0.25, 0.3) is 0 Å². The molecule has 4 rings (SSSR count). The summed E-state index contributed by atoms with van der Waals surface area (Å²) < 4.78 is 1.09. The van der Waals surface area contributed by atoms with Crippen LogP contribution in [0.2, 0.25) is 0 Å². The molecule has 2 bridgehead atoms. The maximum atomic E-state index is 4.31. The Bertz CT molecular complexity index is 643. The Kier molecular flexibility index (Phi) is 4.01. The van der Waals surface area contributed by atoms with E-state index in [9.17, 15) is 0 Å². The van der Waals surface area contributed by atoms with E-state index in [2.05, 4.69) is 62.2 Å². The Hall–Kier alpha value is -1.19. The van der Waals surface area contributed by atoms with E-state index in [1.807, 2.05) is 12.4 Å². The summed E-state index contributed by atoms with van der Waals surface area (Å²) in [5, 5.41) is 0. The third-order valence-corrected chi connectivity index (χ3v) is 5.71. The predicted octanol–water partition coefficient (Wildman–Crippen LogP) is 4.44. The molecular formula is C19H21BrN2. The summed E-state index contributed by atoms with van der Waals surface area (Å²) in [5.74, 6) is 0.790. The Morgan fingerprint density at radius 3 is 2.77 bits per heavy atom. The van der Waals surface area contributed by atoms with Gasteiger partial charge < -0.3 is 0 Å². The van der Waals surface area contributed by atoms with Gasteiger partial charge in [0.25, 0.3) is 0 Å². The van der Waals surface area contributed by atoms with Gasteiger partial charge in [0.05, 0.1) is 0 Å². The second-order valence-corrected chi connectivity index (χ2v) is 7.58. The summed E-state index contributed by atoms with van der Waals surface area (Å²) in [7, 11) is 0. The largest absolute Gasteiger partial charge is 0.293 e. The molecule has 0 spiro atoms. The van der Waals surface area contributed by atoms with E-state index < -0.39 is 0 Å². The van der Waals surface area contributed by atoms with Crippen LogP contribution in [0.4, 0.5) is 0 Å². The van der Waals surface area contributed by atoms with Crippen LogP contribution in [-0.4, -0.2) is 22.0 Å². The molecule has 114 valence electrons. The van der Waals surface area contributed by atoms with Gasteiger partial charge in [-0.3, -0.25) is 9.88 Å². The number of nitrogens with zero attached hydrogens (tertiary/aromatic N) is 2. The van der Waals surface area contributed by atoms with Crippen molar-refractivity contribution in [1.82, 2.24) is 9.88 Å². The van der Waals surface area contributed by atoms with Crippen LogP contribution in [0, 0.1) is 5.92 Å². The number of hydrogen-bond donors (Lipinski definition) is 0. The Morgan fingerprint density at radius 1 is 1.09 bits per heavy atom. The molecule has 1 aromatic heterocycles. The average molecular weight is 357 g/mol. The monoisotopic (exact) mass is 356 g/mol. The summed E-state index contributed by atoms with van der Waals surface area (Å²) in [6.07, 6.45) is 9.15. The van der Waals surface area contributed by atoms with Crippen molar-refractivity contribution >= 4 is 15.9 Å². The summed E-state index contributed by atoms with van der Waals surface area (Å²) in [6, 6.07) is 14.7. The van der Waals surface area contributed by atoms with Gasteiger partial charge in [0, 0.05) is 35.5 Å². The molecule has 0 saturated carbocycles. The number of halogens is 1. The van der Waals surface area contributed by atoms with Crippen molar-refractivity contribution in [1.29, 1.82) is 0 Å². The van der Waals surface area contributed by atoms with E-state index in [0.717, 1.165) is 29.0 Å². The molecule has 1 aromatic carbocycles. The van der Waals surface area contributed by atoms with Gasteiger partial charge in [0.1, 0.15) is 0 Å². The van der Waals surface area contributed by atoms with Crippen LogP contribution in [0.1, 0.15) is 30.4 Å². The van der Waals surface area contributed by atoms with Crippen molar-refractivity contribution in [2.45, 2.75) is 44.3 Å². The first-order valence-electron chi connectivity index (χ1n) is 8.19. The molecule has 0 aliphatic carbocycles. The van der Waals surface area contributed by atoms with Crippen molar-refractivity contribution in [3.8, 4) is 0 Å². The smallest absolute Gasteiger partial charge is 0.0410 e. The second kappa shape index (κ2) is 6.13. The highest BCUT2D eigenvalue weighted by Gasteiger charge is 2.45. The molecule has 0 radical (unpaired) electrons. The van der Waals surface area contributed by atoms with E-state index in [4.69, 9.17) is 0 Å². The highest BCUT2D eigenvalue weighted by molar-refractivity contribution is 9.10. The molecule has 0 N–H and O–H groups in total. The van der Waals surface area contributed by atoms with Gasteiger partial charge in [-0.05, 0) is 64.7 Å². The van der Waals surface area contributed by atoms with Crippen LogP contribution >= 0.6 is 15.9 Å². The lowest BCUT2D eigenvalue weighted by molar-refractivity contribution is 0.227. The quantitative estimate of drug-likeness (QED) is 0.804. The summed E-state index contributed by atoms with van der Waals surface area (Å²) >= 11 is 3.54. The zero-order valence-electron chi connectivity index (χ0n) is 12.7. The van der Waals surface area contributed by atoms with Crippen molar-refractivity contribution < 1.29 is 0 Å². The zero-order valence-corrected chi connectivity index (χ0v) is 14.2. The first-order valence-corrected chi connectivity index (χ1v) is 8.98. The number of fused-ring (bicyclic) bond motifs is 2. The lowest BCUT2D eigenvalue weighted by Crippen LogP contribution is -2.30. The standard InChI is InChI=1S/C19H21BrN2/c20-17-9-15(11-21-12-17)8-16-10-18-6-7-19(16)22(18)13-14-4-2-1-3-5-14/h1-5,9,11-12,16,18-19H,6-8,10,13H2. The van der Waals surface area contributed by atoms with E-state index in [-0.39, 0.29) is 0 Å². The zero-order chi connectivity index (χ0) is 14.9. The number of aromatic nitrogens is 1. The SMILES string of the molecule is Brc1cncc(CC2CC3CCC2N3Cc2ccccc2)c1. The maximum absolute atomic E-state index is 4.31. The Labute approximate surface area is 140 Å². The van der Waals surface area contributed by atoms with Crippen LogP contribution in [0.3, 0.4) is 0 Å². The minimum Gasteiger partial charge on any atom is -0.293 e. The van der Waals surface area contributed by atoms with Crippen LogP contribution in [0.15, 0.2) is 53.3 Å². The van der Waals surface area contributed by atoms with Crippen LogP contribution in [-0.2, 0) is 13.0 Å². The van der Waals surface area contributed by atoms with Crippen LogP contribution in [0.5, 0.6) is 0 Å². The molecule has 2 nitrogen and oxygen atoms in total. The van der Waals surface area contributed by atoms with E-state index in [1.54, 1.807) is 0 Å². The molecule has 3 heteroatoms. The first-order chi connectivity index (χ1) is 10.8. The van der Waals surface area contributed by atoms with Crippen molar-refractivity contribution in [3.05, 3.63) is 64.4 Å². The molecule has 0 amide bonds. The molecule has 3 atom stereocenters. The van der Waals surface area contributed by atoms with Crippen molar-refractivity contribution in [3.63, 3.8) is 0 Å². The Balaban J connectivity index is 1.46. The fraction of sp³-hybridized carbons (Fsp3) is 0.421. The number of benzene rings is 1. The molecule has 2 aliphatic rings. The molecule has 2 aromatic rings. The molecule has 3 heterocycles. The minimum absolute atomic E-state index is 0.754. The first kappa shape index (κ1) is 14.4. The Morgan fingerprint density at radius 2 is 1.95 bits per heavy atom. The highest BCUT2D eigenvalue weighted by atomic mass is 79.9. The van der Waals surface area contributed by atoms with E-state index >= 15 is 0 Å². The highest BCUT2D eigenvalue weighted by Crippen LogP contribution is 2.43. The van der Waals surface area contributed by atoms with Gasteiger partial charge in [-0.25, -0.2) is 0 Å². The molecule has 22 heavy (non-hydrogen) atoms. The van der Waals surface area contributed by atoms with Gasteiger partial charge in [-0.1, -0.05) is 30.3 Å². The fourth-order valence-corrected chi connectivity index (χ4v) is 4.77. The second-order valence-electron chi connectivity index (χ2n) is 6.67. The fourth-order valence-electron chi connectivity index (χ4n) is 4.36. The topological polar surface area (TPSA) is 16.1 Å².